The first-order valence-electron chi connectivity index (χ1n) is 4.41. The lowest BCUT2D eigenvalue weighted by atomic mass is 10.3. The zero-order valence-electron chi connectivity index (χ0n) is 8.50. The Hall–Kier alpha value is -0.750. The molecule has 0 bridgehead atoms. The molecule has 2 amide bonds. The highest BCUT2D eigenvalue weighted by Gasteiger charge is 2.01. The molecule has 1 atom stereocenters. The minimum atomic E-state index is -0.279. The molecule has 0 radical (unpaired) electrons. The Morgan fingerprint density at radius 3 is 2.57 bits per heavy atom. The molecule has 0 aliphatic rings. The minimum absolute atomic E-state index is 0.168. The minimum Gasteiger partial charge on any atom is -0.328 e. The standard InChI is InChI=1S/C8H17N3O2S/c1-6(9)3-4-14-5-8(13)11-10-7(2)12/h6H,3-5,9H2,1-2H3,(H,10,12)(H,11,13). The second-order valence-electron chi connectivity index (χ2n) is 3.05. The summed E-state index contributed by atoms with van der Waals surface area (Å²) in [6.07, 6.45) is 0.887. The van der Waals surface area contributed by atoms with Gasteiger partial charge in [-0.15, -0.1) is 0 Å². The average Bonchev–Trinajstić information content (AvgIpc) is 2.08. The fourth-order valence-electron chi connectivity index (χ4n) is 0.628. The van der Waals surface area contributed by atoms with Crippen molar-refractivity contribution in [2.45, 2.75) is 26.3 Å². The van der Waals surface area contributed by atoms with E-state index in [2.05, 4.69) is 10.9 Å². The fraction of sp³-hybridized carbons (Fsp3) is 0.750. The second-order valence-corrected chi connectivity index (χ2v) is 4.15. The van der Waals surface area contributed by atoms with Gasteiger partial charge in [0.25, 0.3) is 0 Å². The molecule has 0 saturated heterocycles. The van der Waals surface area contributed by atoms with Crippen molar-refractivity contribution in [1.82, 2.24) is 10.9 Å². The van der Waals surface area contributed by atoms with Crippen LogP contribution in [0.4, 0.5) is 0 Å². The van der Waals surface area contributed by atoms with Crippen molar-refractivity contribution in [2.75, 3.05) is 11.5 Å². The van der Waals surface area contributed by atoms with Gasteiger partial charge in [-0.2, -0.15) is 11.8 Å². The molecule has 0 aromatic carbocycles. The summed E-state index contributed by atoms with van der Waals surface area (Å²) in [6.45, 7) is 3.27. The summed E-state index contributed by atoms with van der Waals surface area (Å²) < 4.78 is 0. The van der Waals surface area contributed by atoms with Crippen LogP contribution in [0.15, 0.2) is 0 Å². The molecule has 0 aromatic heterocycles. The molecule has 0 aliphatic heterocycles. The molecule has 14 heavy (non-hydrogen) atoms. The first-order valence-corrected chi connectivity index (χ1v) is 5.56. The van der Waals surface area contributed by atoms with E-state index in [4.69, 9.17) is 5.73 Å². The lowest BCUT2D eigenvalue weighted by Crippen LogP contribution is -2.41. The number of thioether (sulfide) groups is 1. The van der Waals surface area contributed by atoms with Crippen LogP contribution in [0.25, 0.3) is 0 Å². The molecule has 4 N–H and O–H groups in total. The summed E-state index contributed by atoms with van der Waals surface area (Å²) in [5, 5.41) is 0. The predicted molar refractivity (Wildman–Crippen MR) is 57.6 cm³/mol. The van der Waals surface area contributed by atoms with Gasteiger partial charge >= 0.3 is 0 Å². The smallest absolute Gasteiger partial charge is 0.248 e. The highest BCUT2D eigenvalue weighted by molar-refractivity contribution is 7.99. The van der Waals surface area contributed by atoms with Crippen LogP contribution < -0.4 is 16.6 Å². The molecule has 6 heteroatoms. The van der Waals surface area contributed by atoms with Gasteiger partial charge in [-0.05, 0) is 19.1 Å². The van der Waals surface area contributed by atoms with E-state index < -0.39 is 0 Å². The van der Waals surface area contributed by atoms with Gasteiger partial charge in [0, 0.05) is 13.0 Å². The third kappa shape index (κ3) is 9.34. The maximum absolute atomic E-state index is 11.0. The largest absolute Gasteiger partial charge is 0.328 e. The molecular formula is C8H17N3O2S. The van der Waals surface area contributed by atoms with Gasteiger partial charge in [0.05, 0.1) is 5.75 Å². The van der Waals surface area contributed by atoms with Gasteiger partial charge in [-0.1, -0.05) is 0 Å². The van der Waals surface area contributed by atoms with E-state index in [1.807, 2.05) is 6.92 Å². The van der Waals surface area contributed by atoms with E-state index >= 15 is 0 Å². The van der Waals surface area contributed by atoms with Gasteiger partial charge in [0.2, 0.25) is 11.8 Å². The van der Waals surface area contributed by atoms with Crippen molar-refractivity contribution in [2.24, 2.45) is 5.73 Å². The highest BCUT2D eigenvalue weighted by atomic mass is 32.2. The zero-order valence-corrected chi connectivity index (χ0v) is 9.32. The number of amides is 2. The lowest BCUT2D eigenvalue weighted by Gasteiger charge is -2.05. The molecule has 0 rings (SSSR count). The topological polar surface area (TPSA) is 84.2 Å². The summed E-state index contributed by atoms with van der Waals surface area (Å²) in [7, 11) is 0. The van der Waals surface area contributed by atoms with E-state index in [0.717, 1.165) is 12.2 Å². The normalized spacial score (nSPS) is 11.9. The van der Waals surface area contributed by atoms with E-state index in [9.17, 15) is 9.59 Å². The van der Waals surface area contributed by atoms with Crippen LogP contribution in [0.3, 0.4) is 0 Å². The molecular weight excluding hydrogens is 202 g/mol. The van der Waals surface area contributed by atoms with Gasteiger partial charge < -0.3 is 5.73 Å². The van der Waals surface area contributed by atoms with Crippen molar-refractivity contribution in [3.63, 3.8) is 0 Å². The Morgan fingerprint density at radius 1 is 1.43 bits per heavy atom. The third-order valence-electron chi connectivity index (χ3n) is 1.33. The van der Waals surface area contributed by atoms with Gasteiger partial charge in [-0.25, -0.2) is 0 Å². The summed E-state index contributed by atoms with van der Waals surface area (Å²) >= 11 is 1.50. The quantitative estimate of drug-likeness (QED) is 0.435. The Morgan fingerprint density at radius 2 is 2.07 bits per heavy atom. The van der Waals surface area contributed by atoms with Crippen LogP contribution in [-0.2, 0) is 9.59 Å². The lowest BCUT2D eigenvalue weighted by molar-refractivity contribution is -0.126. The Balaban J connectivity index is 3.31. The van der Waals surface area contributed by atoms with Crippen LogP contribution >= 0.6 is 11.8 Å². The number of hydrazine groups is 1. The number of hydrogen-bond donors (Lipinski definition) is 3. The van der Waals surface area contributed by atoms with Gasteiger partial charge in [0.1, 0.15) is 0 Å². The molecule has 0 fully saturated rings. The first-order chi connectivity index (χ1) is 6.52. The summed E-state index contributed by atoms with van der Waals surface area (Å²) in [5.41, 5.74) is 10.0. The maximum Gasteiger partial charge on any atom is 0.248 e. The third-order valence-corrected chi connectivity index (χ3v) is 2.32. The number of nitrogens with one attached hydrogen (secondary N) is 2. The number of carbonyl (C=O) groups is 2. The van der Waals surface area contributed by atoms with E-state index in [0.29, 0.717) is 5.75 Å². The first kappa shape index (κ1) is 13.2. The molecule has 0 saturated carbocycles. The number of carbonyl (C=O) groups excluding carboxylic acids is 2. The van der Waals surface area contributed by atoms with E-state index in [-0.39, 0.29) is 17.9 Å². The van der Waals surface area contributed by atoms with Crippen molar-refractivity contribution in [1.29, 1.82) is 0 Å². The molecule has 0 heterocycles. The summed E-state index contributed by atoms with van der Waals surface area (Å²) in [4.78, 5) is 21.4. The van der Waals surface area contributed by atoms with Crippen LogP contribution in [-0.4, -0.2) is 29.4 Å². The van der Waals surface area contributed by atoms with E-state index in [1.165, 1.54) is 18.7 Å². The van der Waals surface area contributed by atoms with Crippen LogP contribution in [0.1, 0.15) is 20.3 Å². The Bertz CT molecular complexity index is 197. The monoisotopic (exact) mass is 219 g/mol. The van der Waals surface area contributed by atoms with E-state index in [1.54, 1.807) is 0 Å². The molecule has 5 nitrogen and oxygen atoms in total. The van der Waals surface area contributed by atoms with Crippen molar-refractivity contribution < 1.29 is 9.59 Å². The fourth-order valence-corrected chi connectivity index (χ4v) is 1.57. The van der Waals surface area contributed by atoms with Crippen LogP contribution in [0, 0.1) is 0 Å². The van der Waals surface area contributed by atoms with Crippen molar-refractivity contribution >= 4 is 23.6 Å². The highest BCUT2D eigenvalue weighted by Crippen LogP contribution is 2.02. The number of hydrogen-bond acceptors (Lipinski definition) is 4. The predicted octanol–water partition coefficient (Wildman–Crippen LogP) is -0.376. The number of rotatable bonds is 5. The number of nitrogens with two attached hydrogens (primary N) is 1. The van der Waals surface area contributed by atoms with Crippen molar-refractivity contribution in [3.05, 3.63) is 0 Å². The molecule has 1 unspecified atom stereocenters. The van der Waals surface area contributed by atoms with Crippen molar-refractivity contribution in [3.8, 4) is 0 Å². The van der Waals surface area contributed by atoms with Crippen LogP contribution in [0.5, 0.6) is 0 Å². The summed E-state index contributed by atoms with van der Waals surface area (Å²) in [6, 6.07) is 0.168. The second kappa shape index (κ2) is 7.64. The summed E-state index contributed by atoms with van der Waals surface area (Å²) in [5.74, 6) is 0.715. The molecule has 82 valence electrons. The average molecular weight is 219 g/mol. The molecule has 0 spiro atoms. The van der Waals surface area contributed by atoms with Gasteiger partial charge in [-0.3, -0.25) is 20.4 Å². The zero-order chi connectivity index (χ0) is 11.0. The Labute approximate surface area is 88.1 Å². The molecule has 0 aromatic rings. The molecule has 0 aliphatic carbocycles. The maximum atomic E-state index is 11.0. The Kier molecular flexibility index (Phi) is 7.23. The van der Waals surface area contributed by atoms with Crippen LogP contribution in [0.2, 0.25) is 0 Å². The SMILES string of the molecule is CC(=O)NNC(=O)CSCCC(C)N. The van der Waals surface area contributed by atoms with Gasteiger partial charge in [0.15, 0.2) is 0 Å².